The fraction of sp³-hybridized carbons (Fsp3) is 0.560. The highest BCUT2D eigenvalue weighted by atomic mass is 16.6. The molecule has 2 aliphatic rings. The zero-order valence-corrected chi connectivity index (χ0v) is 19.1. The standard InChI is InChI=1S/C25H33N3O4/c1-25(2,3)32-24(31)28-12-11-20(16-7-5-4-6-8-16)22(28)23(30)27-18-9-10-21-17(13-18)14-19(15-29)26-21/h9-10,13-16,20,22,26H,4-8,11-12H2,1-3H3,(H,27,30). The number of ether oxygens (including phenoxy) is 1. The van der Waals surface area contributed by atoms with E-state index in [0.29, 0.717) is 23.8 Å². The summed E-state index contributed by atoms with van der Waals surface area (Å²) in [5.74, 6) is 0.421. The molecular weight excluding hydrogens is 406 g/mol. The number of fused-ring (bicyclic) bond motifs is 1. The summed E-state index contributed by atoms with van der Waals surface area (Å²) in [6, 6.07) is 6.72. The Bertz CT molecular complexity index is 1000. The first-order valence-electron chi connectivity index (χ1n) is 11.6. The minimum atomic E-state index is -0.614. The first kappa shape index (κ1) is 22.4. The van der Waals surface area contributed by atoms with Gasteiger partial charge in [0.2, 0.25) is 5.91 Å². The third-order valence-corrected chi connectivity index (χ3v) is 6.63. The molecule has 2 amide bonds. The zero-order chi connectivity index (χ0) is 22.9. The van der Waals surface area contributed by atoms with Gasteiger partial charge in [0.1, 0.15) is 11.6 Å². The Kier molecular flexibility index (Phi) is 6.26. The van der Waals surface area contributed by atoms with Crippen molar-refractivity contribution in [3.05, 3.63) is 30.0 Å². The summed E-state index contributed by atoms with van der Waals surface area (Å²) in [4.78, 5) is 42.2. The lowest BCUT2D eigenvalue weighted by Crippen LogP contribution is -2.49. The highest BCUT2D eigenvalue weighted by molar-refractivity contribution is 5.99. The van der Waals surface area contributed by atoms with Crippen LogP contribution in [-0.4, -0.2) is 46.4 Å². The summed E-state index contributed by atoms with van der Waals surface area (Å²) >= 11 is 0. The third-order valence-electron chi connectivity index (χ3n) is 6.63. The number of benzene rings is 1. The van der Waals surface area contributed by atoms with E-state index in [9.17, 15) is 14.4 Å². The van der Waals surface area contributed by atoms with Gasteiger partial charge in [-0.1, -0.05) is 32.1 Å². The van der Waals surface area contributed by atoms with Gasteiger partial charge in [0, 0.05) is 23.1 Å². The lowest BCUT2D eigenvalue weighted by atomic mass is 9.76. The number of rotatable bonds is 4. The summed E-state index contributed by atoms with van der Waals surface area (Å²) in [7, 11) is 0. The van der Waals surface area contributed by atoms with Gasteiger partial charge in [-0.15, -0.1) is 0 Å². The molecule has 2 heterocycles. The number of likely N-dealkylation sites (tertiary alicyclic amines) is 1. The van der Waals surface area contributed by atoms with Crippen molar-refractivity contribution in [1.29, 1.82) is 0 Å². The second-order valence-electron chi connectivity index (χ2n) is 10.1. The van der Waals surface area contributed by atoms with E-state index >= 15 is 0 Å². The van der Waals surface area contributed by atoms with Crippen LogP contribution in [0.1, 0.15) is 69.8 Å². The van der Waals surface area contributed by atoms with Gasteiger partial charge in [0.15, 0.2) is 6.29 Å². The number of amides is 2. The van der Waals surface area contributed by atoms with Gasteiger partial charge in [0.05, 0.1) is 5.69 Å². The van der Waals surface area contributed by atoms with Gasteiger partial charge < -0.3 is 15.0 Å². The fourth-order valence-corrected chi connectivity index (χ4v) is 5.25. The Morgan fingerprint density at radius 3 is 2.56 bits per heavy atom. The molecule has 0 radical (unpaired) electrons. The Labute approximate surface area is 188 Å². The lowest BCUT2D eigenvalue weighted by molar-refractivity contribution is -0.122. The van der Waals surface area contributed by atoms with Crippen molar-refractivity contribution in [2.24, 2.45) is 11.8 Å². The minimum absolute atomic E-state index is 0.139. The summed E-state index contributed by atoms with van der Waals surface area (Å²) in [5, 5.41) is 3.88. The Balaban J connectivity index is 1.57. The van der Waals surface area contributed by atoms with Gasteiger partial charge in [-0.3, -0.25) is 14.5 Å². The van der Waals surface area contributed by atoms with Crippen molar-refractivity contribution < 1.29 is 19.1 Å². The van der Waals surface area contributed by atoms with Gasteiger partial charge in [-0.25, -0.2) is 4.79 Å². The summed E-state index contributed by atoms with van der Waals surface area (Å²) in [6.07, 6.45) is 7.01. The van der Waals surface area contributed by atoms with Crippen LogP contribution in [0.2, 0.25) is 0 Å². The maximum absolute atomic E-state index is 13.5. The molecule has 172 valence electrons. The minimum Gasteiger partial charge on any atom is -0.444 e. The molecule has 2 fully saturated rings. The number of nitrogens with one attached hydrogen (secondary N) is 2. The van der Waals surface area contributed by atoms with Crippen molar-refractivity contribution in [1.82, 2.24) is 9.88 Å². The monoisotopic (exact) mass is 439 g/mol. The first-order valence-corrected chi connectivity index (χ1v) is 11.6. The lowest BCUT2D eigenvalue weighted by Gasteiger charge is -2.34. The van der Waals surface area contributed by atoms with E-state index in [1.807, 2.05) is 39.0 Å². The van der Waals surface area contributed by atoms with Crippen molar-refractivity contribution in [2.45, 2.75) is 70.9 Å². The van der Waals surface area contributed by atoms with E-state index in [4.69, 9.17) is 4.74 Å². The topological polar surface area (TPSA) is 91.5 Å². The molecule has 0 spiro atoms. The molecule has 1 aliphatic carbocycles. The SMILES string of the molecule is CC(C)(C)OC(=O)N1CCC(C2CCCCC2)C1C(=O)Nc1ccc2[nH]c(C=O)cc2c1. The molecule has 1 aliphatic heterocycles. The Morgan fingerprint density at radius 2 is 1.88 bits per heavy atom. The normalized spacial score (nSPS) is 22.2. The van der Waals surface area contributed by atoms with E-state index in [1.165, 1.54) is 19.3 Å². The largest absolute Gasteiger partial charge is 0.444 e. The number of H-pyrrole nitrogens is 1. The number of hydrogen-bond acceptors (Lipinski definition) is 4. The summed E-state index contributed by atoms with van der Waals surface area (Å²) in [6.45, 7) is 6.06. The molecule has 1 saturated carbocycles. The molecule has 2 unspecified atom stereocenters. The highest BCUT2D eigenvalue weighted by Gasteiger charge is 2.46. The number of anilines is 1. The number of aromatic nitrogens is 1. The number of hydrogen-bond donors (Lipinski definition) is 2. The maximum atomic E-state index is 13.5. The third kappa shape index (κ3) is 4.81. The predicted molar refractivity (Wildman–Crippen MR) is 124 cm³/mol. The Morgan fingerprint density at radius 1 is 1.12 bits per heavy atom. The molecule has 32 heavy (non-hydrogen) atoms. The summed E-state index contributed by atoms with van der Waals surface area (Å²) < 4.78 is 5.63. The van der Waals surface area contributed by atoms with Gasteiger partial charge in [-0.2, -0.15) is 0 Å². The van der Waals surface area contributed by atoms with Crippen LogP contribution in [-0.2, 0) is 9.53 Å². The second-order valence-corrected chi connectivity index (χ2v) is 10.1. The van der Waals surface area contributed by atoms with Gasteiger partial charge in [0.25, 0.3) is 0 Å². The van der Waals surface area contributed by atoms with Crippen molar-refractivity contribution >= 4 is 34.9 Å². The van der Waals surface area contributed by atoms with Crippen molar-refractivity contribution in [2.75, 3.05) is 11.9 Å². The van der Waals surface area contributed by atoms with Gasteiger partial charge in [-0.05, 0) is 63.3 Å². The molecule has 2 atom stereocenters. The van der Waals surface area contributed by atoms with Crippen LogP contribution in [0.15, 0.2) is 24.3 Å². The molecule has 2 aromatic rings. The molecule has 1 aromatic carbocycles. The van der Waals surface area contributed by atoms with Gasteiger partial charge >= 0.3 is 6.09 Å². The first-order chi connectivity index (χ1) is 15.2. The van der Waals surface area contributed by atoms with Crippen LogP contribution < -0.4 is 5.32 Å². The van der Waals surface area contributed by atoms with Crippen LogP contribution in [0.3, 0.4) is 0 Å². The number of aromatic amines is 1. The number of nitrogens with zero attached hydrogens (tertiary/aromatic N) is 1. The zero-order valence-electron chi connectivity index (χ0n) is 19.1. The molecule has 7 heteroatoms. The fourth-order valence-electron chi connectivity index (χ4n) is 5.25. The highest BCUT2D eigenvalue weighted by Crippen LogP contribution is 2.40. The molecule has 1 saturated heterocycles. The van der Waals surface area contributed by atoms with E-state index < -0.39 is 17.7 Å². The van der Waals surface area contributed by atoms with E-state index in [1.54, 1.807) is 11.0 Å². The second kappa shape index (κ2) is 8.96. The van der Waals surface area contributed by atoms with E-state index in [-0.39, 0.29) is 11.8 Å². The maximum Gasteiger partial charge on any atom is 0.410 e. The van der Waals surface area contributed by atoms with Crippen LogP contribution in [0.4, 0.5) is 10.5 Å². The Hall–Kier alpha value is -2.83. The van der Waals surface area contributed by atoms with Crippen LogP contribution in [0.5, 0.6) is 0 Å². The number of carbonyl (C=O) groups excluding carboxylic acids is 3. The average molecular weight is 440 g/mol. The number of carbonyl (C=O) groups is 3. The predicted octanol–water partition coefficient (Wildman–Crippen LogP) is 5.12. The van der Waals surface area contributed by atoms with E-state index in [2.05, 4.69) is 10.3 Å². The summed E-state index contributed by atoms with van der Waals surface area (Å²) in [5.41, 5.74) is 1.36. The van der Waals surface area contributed by atoms with E-state index in [0.717, 1.165) is 36.5 Å². The molecule has 7 nitrogen and oxygen atoms in total. The van der Waals surface area contributed by atoms with Crippen molar-refractivity contribution in [3.8, 4) is 0 Å². The van der Waals surface area contributed by atoms with Crippen LogP contribution in [0.25, 0.3) is 10.9 Å². The van der Waals surface area contributed by atoms with Crippen LogP contribution in [0, 0.1) is 11.8 Å². The number of aldehydes is 1. The average Bonchev–Trinajstić information content (AvgIpc) is 3.37. The molecule has 1 aromatic heterocycles. The molecular formula is C25H33N3O4. The van der Waals surface area contributed by atoms with Crippen LogP contribution >= 0.6 is 0 Å². The molecule has 4 rings (SSSR count). The quantitative estimate of drug-likeness (QED) is 0.647. The molecule has 2 N–H and O–H groups in total. The molecule has 0 bridgehead atoms. The van der Waals surface area contributed by atoms with Crippen molar-refractivity contribution in [3.63, 3.8) is 0 Å². The smallest absolute Gasteiger partial charge is 0.410 e.